The summed E-state index contributed by atoms with van der Waals surface area (Å²) in [6, 6.07) is 9.84. The van der Waals surface area contributed by atoms with Crippen molar-refractivity contribution >= 4 is 28.9 Å². The second-order valence-corrected chi connectivity index (χ2v) is 4.40. The molecule has 0 aliphatic rings. The zero-order chi connectivity index (χ0) is 16.0. The van der Waals surface area contributed by atoms with Crippen LogP contribution in [0.15, 0.2) is 36.4 Å². The van der Waals surface area contributed by atoms with Crippen LogP contribution in [0.5, 0.6) is 0 Å². The van der Waals surface area contributed by atoms with E-state index in [2.05, 4.69) is 0 Å². The fourth-order valence-electron chi connectivity index (χ4n) is 1.61. The van der Waals surface area contributed by atoms with Crippen LogP contribution in [0.2, 0.25) is 0 Å². The molecule has 6 nitrogen and oxygen atoms in total. The highest BCUT2D eigenvalue weighted by atomic mass is 16.4. The minimum Gasteiger partial charge on any atom is -0.480 e. The number of benzene rings is 2. The van der Waals surface area contributed by atoms with Crippen molar-refractivity contribution in [1.29, 1.82) is 0 Å². The topological polar surface area (TPSA) is 123 Å². The molecule has 21 heavy (non-hydrogen) atoms. The molecule has 0 aromatic heterocycles. The van der Waals surface area contributed by atoms with Crippen molar-refractivity contribution in [3.63, 3.8) is 0 Å². The Morgan fingerprint density at radius 3 is 2.29 bits per heavy atom. The van der Waals surface area contributed by atoms with Crippen LogP contribution in [0.1, 0.15) is 27.6 Å². The number of carbonyl (C=O) groups is 3. The number of aliphatic carboxylic acids is 1. The molecule has 0 bridgehead atoms. The first kappa shape index (κ1) is 16.3. The monoisotopic (exact) mass is 288 g/mol. The Kier molecular flexibility index (Phi) is 5.57. The largest absolute Gasteiger partial charge is 0.480 e. The molecule has 0 saturated carbocycles. The highest BCUT2D eigenvalue weighted by Gasteiger charge is 2.07. The molecule has 1 atom stereocenters. The van der Waals surface area contributed by atoms with Crippen molar-refractivity contribution in [1.82, 2.24) is 0 Å². The van der Waals surface area contributed by atoms with Crippen molar-refractivity contribution in [3.8, 4) is 0 Å². The van der Waals surface area contributed by atoms with E-state index < -0.39 is 17.9 Å². The van der Waals surface area contributed by atoms with Crippen LogP contribution >= 0.6 is 0 Å². The number of amides is 1. The molecule has 2 aromatic carbocycles. The third kappa shape index (κ3) is 4.39. The van der Waals surface area contributed by atoms with Crippen molar-refractivity contribution in [2.45, 2.75) is 13.0 Å². The first-order chi connectivity index (χ1) is 9.86. The zero-order valence-corrected chi connectivity index (χ0v) is 11.4. The predicted octanol–water partition coefficient (Wildman–Crippen LogP) is 1.17. The molecule has 2 rings (SSSR count). The van der Waals surface area contributed by atoms with Gasteiger partial charge in [0, 0.05) is 11.1 Å². The van der Waals surface area contributed by atoms with E-state index >= 15 is 0 Å². The van der Waals surface area contributed by atoms with Gasteiger partial charge in [0.25, 0.3) is 0 Å². The van der Waals surface area contributed by atoms with Crippen molar-refractivity contribution in [3.05, 3.63) is 47.5 Å². The molecule has 0 radical (unpaired) electrons. The highest BCUT2D eigenvalue weighted by Crippen LogP contribution is 2.20. The minimum atomic E-state index is -0.963. The highest BCUT2D eigenvalue weighted by molar-refractivity contribution is 6.08. The number of primary amides is 1. The second kappa shape index (κ2) is 7.16. The number of hydrogen-bond acceptors (Lipinski definition) is 4. The molecule has 2 aromatic rings. The molecule has 110 valence electrons. The number of carboxylic acid groups (broad SMARTS) is 1. The molecule has 0 unspecified atom stereocenters. The summed E-state index contributed by atoms with van der Waals surface area (Å²) in [5.41, 5.74) is 10.9. The van der Waals surface area contributed by atoms with E-state index in [-0.39, 0.29) is 0 Å². The third-order valence-corrected chi connectivity index (χ3v) is 2.68. The van der Waals surface area contributed by atoms with Gasteiger partial charge in [0.2, 0.25) is 5.91 Å². The zero-order valence-electron chi connectivity index (χ0n) is 11.4. The maximum atomic E-state index is 11.2. The number of nitrogens with two attached hydrogens (primary N) is 2. The fourth-order valence-corrected chi connectivity index (χ4v) is 1.61. The summed E-state index contributed by atoms with van der Waals surface area (Å²) in [4.78, 5) is 31.4. The lowest BCUT2D eigenvalue weighted by Crippen LogP contribution is -2.25. The van der Waals surface area contributed by atoms with E-state index in [4.69, 9.17) is 16.6 Å². The Morgan fingerprint density at radius 2 is 1.81 bits per heavy atom. The standard InChI is InChI=1S/C12H9NO2.C3H7NO2/c13-12(15)11-6-8(7-14)5-9-3-1-2-4-10(9)11;1-2(4)3(5)6/h1-7H,(H2,13,15);2H,4H2,1H3,(H,5,6)/t;2-/m.1/s1. The van der Waals surface area contributed by atoms with Crippen molar-refractivity contribution in [2.24, 2.45) is 11.5 Å². The van der Waals surface area contributed by atoms with E-state index in [0.717, 1.165) is 10.8 Å². The number of fused-ring (bicyclic) bond motifs is 1. The molecular weight excluding hydrogens is 272 g/mol. The first-order valence-electron chi connectivity index (χ1n) is 6.13. The number of rotatable bonds is 3. The van der Waals surface area contributed by atoms with Gasteiger partial charge in [-0.05, 0) is 29.8 Å². The minimum absolute atomic E-state index is 0.384. The van der Waals surface area contributed by atoms with Gasteiger partial charge in [-0.2, -0.15) is 0 Å². The Balaban J connectivity index is 0.000000315. The van der Waals surface area contributed by atoms with Gasteiger partial charge in [-0.15, -0.1) is 0 Å². The molecule has 5 N–H and O–H groups in total. The lowest BCUT2D eigenvalue weighted by Gasteiger charge is -2.03. The van der Waals surface area contributed by atoms with E-state index in [1.165, 1.54) is 13.0 Å². The average Bonchev–Trinajstić information content (AvgIpc) is 2.46. The summed E-state index contributed by atoms with van der Waals surface area (Å²) in [6.07, 6.45) is 0.707. The molecule has 0 aliphatic heterocycles. The summed E-state index contributed by atoms with van der Waals surface area (Å²) in [6.45, 7) is 1.42. The normalized spacial score (nSPS) is 11.1. The van der Waals surface area contributed by atoms with Crippen LogP contribution in [0.3, 0.4) is 0 Å². The molecule has 0 saturated heterocycles. The summed E-state index contributed by atoms with van der Waals surface area (Å²) < 4.78 is 0. The van der Waals surface area contributed by atoms with Gasteiger partial charge in [0.1, 0.15) is 12.3 Å². The maximum absolute atomic E-state index is 11.2. The summed E-state index contributed by atoms with van der Waals surface area (Å²) in [5.74, 6) is -1.48. The fraction of sp³-hybridized carbons (Fsp3) is 0.133. The van der Waals surface area contributed by atoms with Gasteiger partial charge in [-0.3, -0.25) is 14.4 Å². The maximum Gasteiger partial charge on any atom is 0.320 e. The average molecular weight is 288 g/mol. The van der Waals surface area contributed by atoms with Gasteiger partial charge < -0.3 is 16.6 Å². The van der Waals surface area contributed by atoms with Gasteiger partial charge >= 0.3 is 5.97 Å². The lowest BCUT2D eigenvalue weighted by molar-refractivity contribution is -0.138. The second-order valence-electron chi connectivity index (χ2n) is 4.40. The van der Waals surface area contributed by atoms with Gasteiger partial charge in [-0.25, -0.2) is 0 Å². The summed E-state index contributed by atoms with van der Waals surface area (Å²) in [5, 5.41) is 9.48. The molecule has 0 fully saturated rings. The molecule has 0 aliphatic carbocycles. The lowest BCUT2D eigenvalue weighted by atomic mass is 10.0. The Hall–Kier alpha value is -2.73. The van der Waals surface area contributed by atoms with Crippen LogP contribution < -0.4 is 11.5 Å². The van der Waals surface area contributed by atoms with Gasteiger partial charge in [0.05, 0.1) is 0 Å². The SMILES string of the molecule is C[C@@H](N)C(=O)O.NC(=O)c1cc(C=O)cc2ccccc12. The molecule has 0 spiro atoms. The predicted molar refractivity (Wildman–Crippen MR) is 79.1 cm³/mol. The summed E-state index contributed by atoms with van der Waals surface area (Å²) >= 11 is 0. The third-order valence-electron chi connectivity index (χ3n) is 2.68. The Labute approximate surface area is 121 Å². The van der Waals surface area contributed by atoms with Gasteiger partial charge in [0.15, 0.2) is 0 Å². The Morgan fingerprint density at radius 1 is 1.24 bits per heavy atom. The molecule has 6 heteroatoms. The number of carboxylic acids is 1. The number of carbonyl (C=O) groups excluding carboxylic acids is 2. The molecule has 1 amide bonds. The van der Waals surface area contributed by atoms with E-state index in [0.29, 0.717) is 17.4 Å². The summed E-state index contributed by atoms with van der Waals surface area (Å²) in [7, 11) is 0. The molecular formula is C15H16N2O4. The van der Waals surface area contributed by atoms with E-state index in [1.807, 2.05) is 24.3 Å². The van der Waals surface area contributed by atoms with E-state index in [1.54, 1.807) is 6.07 Å². The van der Waals surface area contributed by atoms with Gasteiger partial charge in [-0.1, -0.05) is 24.3 Å². The quantitative estimate of drug-likeness (QED) is 0.731. The molecule has 0 heterocycles. The van der Waals surface area contributed by atoms with Crippen LogP contribution in [-0.2, 0) is 4.79 Å². The van der Waals surface area contributed by atoms with Crippen molar-refractivity contribution in [2.75, 3.05) is 0 Å². The van der Waals surface area contributed by atoms with Crippen LogP contribution in [-0.4, -0.2) is 29.3 Å². The van der Waals surface area contributed by atoms with Crippen LogP contribution in [0.4, 0.5) is 0 Å². The number of aldehydes is 1. The Bertz CT molecular complexity index is 680. The van der Waals surface area contributed by atoms with Crippen LogP contribution in [0.25, 0.3) is 10.8 Å². The first-order valence-corrected chi connectivity index (χ1v) is 6.13. The van der Waals surface area contributed by atoms with Crippen LogP contribution in [0, 0.1) is 0 Å². The number of hydrogen-bond donors (Lipinski definition) is 3. The van der Waals surface area contributed by atoms with Crippen molar-refractivity contribution < 1.29 is 19.5 Å². The smallest absolute Gasteiger partial charge is 0.320 e. The van der Waals surface area contributed by atoms with E-state index in [9.17, 15) is 14.4 Å².